The van der Waals surface area contributed by atoms with E-state index in [0.29, 0.717) is 0 Å². The van der Waals surface area contributed by atoms with Crippen LogP contribution < -0.4 is 0 Å². The van der Waals surface area contributed by atoms with Gasteiger partial charge in [-0.05, 0) is 50.2 Å². The summed E-state index contributed by atoms with van der Waals surface area (Å²) in [5.74, 6) is 0. The van der Waals surface area contributed by atoms with Crippen LogP contribution in [0, 0.1) is 13.8 Å². The van der Waals surface area contributed by atoms with Gasteiger partial charge < -0.3 is 9.13 Å². The molecular weight excluding hydrogens is 432 g/mol. The molecule has 32 heavy (non-hydrogen) atoms. The molecule has 0 radical (unpaired) electrons. The normalized spacial score (nSPS) is 11.4. The predicted molar refractivity (Wildman–Crippen MR) is 134 cm³/mol. The van der Waals surface area contributed by atoms with Crippen molar-refractivity contribution >= 4 is 33.7 Å². The van der Waals surface area contributed by atoms with Crippen LogP contribution in [-0.2, 0) is 0 Å². The Morgan fingerprint density at radius 1 is 0.594 bits per heavy atom. The zero-order valence-corrected chi connectivity index (χ0v) is 19.3. The Morgan fingerprint density at radius 2 is 1.00 bits per heavy atom. The highest BCUT2D eigenvalue weighted by Crippen LogP contribution is 2.39. The molecule has 4 heterocycles. The fourth-order valence-electron chi connectivity index (χ4n) is 4.11. The highest BCUT2D eigenvalue weighted by atomic mass is 32.1. The summed E-state index contributed by atoms with van der Waals surface area (Å²) in [6.45, 7) is 4.23. The number of aromatic nitrogens is 4. The van der Waals surface area contributed by atoms with Crippen LogP contribution in [0.5, 0.6) is 0 Å². The number of aryl methyl sites for hydroxylation is 2. The van der Waals surface area contributed by atoms with Gasteiger partial charge in [0.2, 0.25) is 0 Å². The zero-order valence-electron chi connectivity index (χ0n) is 17.7. The second kappa shape index (κ2) is 7.58. The largest absolute Gasteiger partial charge is 0.305 e. The van der Waals surface area contributed by atoms with E-state index in [9.17, 15) is 0 Å². The molecule has 4 aromatic heterocycles. The molecule has 0 spiro atoms. The molecule has 0 amide bonds. The summed E-state index contributed by atoms with van der Waals surface area (Å²) in [6.07, 6.45) is 3.73. The van der Waals surface area contributed by atoms with Crippen LogP contribution in [0.1, 0.15) is 11.1 Å². The van der Waals surface area contributed by atoms with Crippen molar-refractivity contribution in [3.8, 4) is 32.8 Å². The fraction of sp³-hybridized carbons (Fsp3) is 0.0769. The molecule has 0 atom stereocenters. The summed E-state index contributed by atoms with van der Waals surface area (Å²) in [4.78, 5) is 9.26. The Labute approximate surface area is 194 Å². The van der Waals surface area contributed by atoms with Gasteiger partial charge in [0, 0.05) is 34.5 Å². The van der Waals surface area contributed by atoms with E-state index in [1.165, 1.54) is 11.1 Å². The van der Waals surface area contributed by atoms with Crippen LogP contribution in [0.2, 0.25) is 0 Å². The van der Waals surface area contributed by atoms with Crippen LogP contribution in [0.3, 0.4) is 0 Å². The topological polar surface area (TPSA) is 35.6 Å². The first kappa shape index (κ1) is 19.2. The number of fused-ring (bicyclic) bond motifs is 1. The van der Waals surface area contributed by atoms with E-state index in [2.05, 4.69) is 93.6 Å². The van der Waals surface area contributed by atoms with E-state index in [-0.39, 0.29) is 0 Å². The van der Waals surface area contributed by atoms with Crippen LogP contribution in [0.25, 0.3) is 43.8 Å². The third-order valence-corrected chi connectivity index (χ3v) is 7.25. The second-order valence-electron chi connectivity index (χ2n) is 7.85. The van der Waals surface area contributed by atoms with Crippen molar-refractivity contribution in [1.29, 1.82) is 0 Å². The highest BCUT2D eigenvalue weighted by molar-refractivity contribution is 7.13. The SMILES string of the molecule is Cc1ccc(-n2c(-c3nccs3)cc3c2cc(-c2nccs2)n3-c2ccc(C)cc2)cc1. The molecule has 6 rings (SSSR count). The van der Waals surface area contributed by atoms with Crippen molar-refractivity contribution in [2.45, 2.75) is 13.8 Å². The van der Waals surface area contributed by atoms with E-state index < -0.39 is 0 Å². The maximum atomic E-state index is 4.63. The fourth-order valence-corrected chi connectivity index (χ4v) is 5.40. The third kappa shape index (κ3) is 3.11. The molecule has 0 N–H and O–H groups in total. The molecule has 0 fully saturated rings. The molecule has 0 bridgehead atoms. The smallest absolute Gasteiger partial charge is 0.140 e. The van der Waals surface area contributed by atoms with Crippen molar-refractivity contribution in [2.75, 3.05) is 0 Å². The Morgan fingerprint density at radius 3 is 1.34 bits per heavy atom. The standard InChI is InChI=1S/C26H20N4S2/c1-17-3-7-19(8-4-17)29-21-15-24(26-28-12-14-32-26)30(20-9-5-18(2)6-10-20)22(21)16-23(29)25-27-11-13-31-25/h3-16H,1-2H3. The predicted octanol–water partition coefficient (Wildman–Crippen LogP) is 7.29. The van der Waals surface area contributed by atoms with Gasteiger partial charge in [-0.25, -0.2) is 9.97 Å². The molecule has 2 aromatic carbocycles. The Hall–Kier alpha value is -3.48. The first-order chi connectivity index (χ1) is 15.7. The summed E-state index contributed by atoms with van der Waals surface area (Å²) in [6, 6.07) is 21.9. The van der Waals surface area contributed by atoms with Gasteiger partial charge in [-0.15, -0.1) is 22.7 Å². The number of benzene rings is 2. The molecule has 156 valence electrons. The lowest BCUT2D eigenvalue weighted by atomic mass is 10.2. The lowest BCUT2D eigenvalue weighted by Gasteiger charge is -2.09. The molecular formula is C26H20N4S2. The number of hydrogen-bond donors (Lipinski definition) is 0. The summed E-state index contributed by atoms with van der Waals surface area (Å²) in [5, 5.41) is 6.07. The number of thiazole rings is 2. The van der Waals surface area contributed by atoms with Gasteiger partial charge in [-0.1, -0.05) is 35.4 Å². The van der Waals surface area contributed by atoms with E-state index in [4.69, 9.17) is 0 Å². The van der Waals surface area contributed by atoms with Crippen LogP contribution in [0.15, 0.2) is 83.8 Å². The molecule has 0 saturated carbocycles. The lowest BCUT2D eigenvalue weighted by molar-refractivity contribution is 1.12. The van der Waals surface area contributed by atoms with Crippen LogP contribution in [-0.4, -0.2) is 19.1 Å². The van der Waals surface area contributed by atoms with Crippen molar-refractivity contribution < 1.29 is 0 Å². The highest BCUT2D eigenvalue weighted by Gasteiger charge is 2.22. The molecule has 0 aliphatic rings. The quantitative estimate of drug-likeness (QED) is 0.282. The number of nitrogens with zero attached hydrogens (tertiary/aromatic N) is 4. The Kier molecular flexibility index (Phi) is 4.56. The van der Waals surface area contributed by atoms with Gasteiger partial charge in [0.25, 0.3) is 0 Å². The minimum atomic E-state index is 1.01. The summed E-state index contributed by atoms with van der Waals surface area (Å²) in [5.41, 5.74) is 9.22. The molecule has 0 unspecified atom stereocenters. The summed E-state index contributed by atoms with van der Waals surface area (Å²) >= 11 is 3.32. The molecule has 0 aliphatic carbocycles. The molecule has 6 aromatic rings. The van der Waals surface area contributed by atoms with Crippen molar-refractivity contribution in [1.82, 2.24) is 19.1 Å². The molecule has 0 aliphatic heterocycles. The Balaban J connectivity index is 1.71. The van der Waals surface area contributed by atoms with E-state index in [1.54, 1.807) is 22.7 Å². The van der Waals surface area contributed by atoms with Crippen molar-refractivity contribution in [2.24, 2.45) is 0 Å². The van der Waals surface area contributed by atoms with Crippen LogP contribution in [0.4, 0.5) is 0 Å². The van der Waals surface area contributed by atoms with E-state index in [1.807, 2.05) is 23.2 Å². The zero-order chi connectivity index (χ0) is 21.7. The average Bonchev–Trinajstić information content (AvgIpc) is 3.58. The first-order valence-electron chi connectivity index (χ1n) is 10.4. The summed E-state index contributed by atoms with van der Waals surface area (Å²) in [7, 11) is 0. The van der Waals surface area contributed by atoms with Crippen LogP contribution >= 0.6 is 22.7 Å². The van der Waals surface area contributed by atoms with Gasteiger partial charge >= 0.3 is 0 Å². The maximum Gasteiger partial charge on any atom is 0.140 e. The third-order valence-electron chi connectivity index (χ3n) is 5.66. The number of rotatable bonds is 4. The van der Waals surface area contributed by atoms with Gasteiger partial charge in [-0.2, -0.15) is 0 Å². The first-order valence-corrected chi connectivity index (χ1v) is 12.2. The number of hydrogen-bond acceptors (Lipinski definition) is 4. The molecule has 6 heteroatoms. The Bertz CT molecular complexity index is 1380. The van der Waals surface area contributed by atoms with E-state index in [0.717, 1.165) is 43.8 Å². The monoisotopic (exact) mass is 452 g/mol. The molecule has 0 saturated heterocycles. The summed E-state index contributed by atoms with van der Waals surface area (Å²) < 4.78 is 4.63. The minimum absolute atomic E-state index is 1.01. The van der Waals surface area contributed by atoms with Gasteiger partial charge in [0.15, 0.2) is 0 Å². The maximum absolute atomic E-state index is 4.63. The van der Waals surface area contributed by atoms with Crippen molar-refractivity contribution in [3.05, 3.63) is 94.9 Å². The minimum Gasteiger partial charge on any atom is -0.305 e. The van der Waals surface area contributed by atoms with Crippen molar-refractivity contribution in [3.63, 3.8) is 0 Å². The second-order valence-corrected chi connectivity index (χ2v) is 9.64. The van der Waals surface area contributed by atoms with Gasteiger partial charge in [-0.3, -0.25) is 0 Å². The van der Waals surface area contributed by atoms with Gasteiger partial charge in [0.1, 0.15) is 10.0 Å². The average molecular weight is 453 g/mol. The van der Waals surface area contributed by atoms with Gasteiger partial charge in [0.05, 0.1) is 22.4 Å². The molecule has 4 nitrogen and oxygen atoms in total. The van der Waals surface area contributed by atoms with E-state index >= 15 is 0 Å². The lowest BCUT2D eigenvalue weighted by Crippen LogP contribution is -1.96.